The molecule has 0 aromatic carbocycles. The SMILES string of the molecule is Cc1nn(-c2ccccn2)c(N)c1C. The van der Waals surface area contributed by atoms with Crippen LogP contribution in [0.1, 0.15) is 11.3 Å². The Morgan fingerprint density at radius 2 is 2.07 bits per heavy atom. The third-order valence-corrected chi connectivity index (χ3v) is 2.27. The molecule has 0 fully saturated rings. The van der Waals surface area contributed by atoms with Crippen LogP contribution in [0.3, 0.4) is 0 Å². The van der Waals surface area contributed by atoms with Gasteiger partial charge in [-0.1, -0.05) is 6.07 Å². The molecule has 4 nitrogen and oxygen atoms in total. The number of pyridine rings is 1. The number of nitrogens with zero attached hydrogens (tertiary/aromatic N) is 3. The molecule has 2 heterocycles. The van der Waals surface area contributed by atoms with Crippen molar-refractivity contribution in [2.45, 2.75) is 13.8 Å². The van der Waals surface area contributed by atoms with E-state index in [1.807, 2.05) is 32.0 Å². The summed E-state index contributed by atoms with van der Waals surface area (Å²) in [5.74, 6) is 1.41. The highest BCUT2D eigenvalue weighted by Crippen LogP contribution is 2.17. The van der Waals surface area contributed by atoms with Gasteiger partial charge in [0.1, 0.15) is 5.82 Å². The average Bonchev–Trinajstić information content (AvgIpc) is 2.47. The lowest BCUT2D eigenvalue weighted by molar-refractivity contribution is 0.841. The number of aromatic nitrogens is 3. The van der Waals surface area contributed by atoms with Gasteiger partial charge in [-0.25, -0.2) is 4.98 Å². The molecule has 14 heavy (non-hydrogen) atoms. The lowest BCUT2D eigenvalue weighted by Crippen LogP contribution is -2.03. The Morgan fingerprint density at radius 1 is 1.29 bits per heavy atom. The first kappa shape index (κ1) is 8.74. The van der Waals surface area contributed by atoms with Gasteiger partial charge in [0.15, 0.2) is 5.82 Å². The minimum Gasteiger partial charge on any atom is -0.383 e. The second kappa shape index (κ2) is 3.14. The number of rotatable bonds is 1. The molecular formula is C10H12N4. The number of nitrogens with two attached hydrogens (primary N) is 1. The van der Waals surface area contributed by atoms with Crippen molar-refractivity contribution in [2.75, 3.05) is 5.73 Å². The highest BCUT2D eigenvalue weighted by atomic mass is 15.3. The largest absolute Gasteiger partial charge is 0.383 e. The summed E-state index contributed by atoms with van der Waals surface area (Å²) in [4.78, 5) is 4.18. The van der Waals surface area contributed by atoms with Crippen molar-refractivity contribution in [3.63, 3.8) is 0 Å². The van der Waals surface area contributed by atoms with Gasteiger partial charge in [-0.15, -0.1) is 0 Å². The van der Waals surface area contributed by atoms with Crippen molar-refractivity contribution in [3.05, 3.63) is 35.7 Å². The minimum absolute atomic E-state index is 0.654. The van der Waals surface area contributed by atoms with Crippen molar-refractivity contribution >= 4 is 5.82 Å². The van der Waals surface area contributed by atoms with Crippen LogP contribution in [0.15, 0.2) is 24.4 Å². The van der Waals surface area contributed by atoms with Gasteiger partial charge in [0.2, 0.25) is 0 Å². The molecule has 0 aliphatic heterocycles. The van der Waals surface area contributed by atoms with Crippen molar-refractivity contribution in [3.8, 4) is 5.82 Å². The summed E-state index contributed by atoms with van der Waals surface area (Å²) in [5, 5.41) is 4.31. The third-order valence-electron chi connectivity index (χ3n) is 2.27. The van der Waals surface area contributed by atoms with Crippen LogP contribution in [-0.2, 0) is 0 Å². The maximum Gasteiger partial charge on any atom is 0.155 e. The quantitative estimate of drug-likeness (QED) is 0.737. The van der Waals surface area contributed by atoms with E-state index in [0.29, 0.717) is 5.82 Å². The van der Waals surface area contributed by atoms with Crippen LogP contribution in [0.5, 0.6) is 0 Å². The van der Waals surface area contributed by atoms with E-state index in [0.717, 1.165) is 17.1 Å². The van der Waals surface area contributed by atoms with Crippen molar-refractivity contribution in [2.24, 2.45) is 0 Å². The maximum absolute atomic E-state index is 5.90. The Morgan fingerprint density at radius 3 is 2.57 bits per heavy atom. The molecule has 2 rings (SSSR count). The normalized spacial score (nSPS) is 10.4. The summed E-state index contributed by atoms with van der Waals surface area (Å²) < 4.78 is 1.66. The third kappa shape index (κ3) is 1.25. The van der Waals surface area contributed by atoms with E-state index in [-0.39, 0.29) is 0 Å². The van der Waals surface area contributed by atoms with Gasteiger partial charge in [0.05, 0.1) is 5.69 Å². The monoisotopic (exact) mass is 188 g/mol. The smallest absolute Gasteiger partial charge is 0.155 e. The second-order valence-electron chi connectivity index (χ2n) is 3.20. The van der Waals surface area contributed by atoms with Gasteiger partial charge in [-0.3, -0.25) is 0 Å². The van der Waals surface area contributed by atoms with Crippen LogP contribution in [0.2, 0.25) is 0 Å². The number of anilines is 1. The molecule has 0 saturated heterocycles. The molecule has 72 valence electrons. The molecule has 0 unspecified atom stereocenters. The van der Waals surface area contributed by atoms with E-state index in [1.54, 1.807) is 10.9 Å². The number of hydrogen-bond donors (Lipinski definition) is 1. The fraction of sp³-hybridized carbons (Fsp3) is 0.200. The van der Waals surface area contributed by atoms with E-state index in [1.165, 1.54) is 0 Å². The fourth-order valence-corrected chi connectivity index (χ4v) is 1.28. The Bertz CT molecular complexity index is 445. The van der Waals surface area contributed by atoms with Crippen LogP contribution in [0.4, 0.5) is 5.82 Å². The molecule has 2 aromatic heterocycles. The van der Waals surface area contributed by atoms with Gasteiger partial charge in [-0.2, -0.15) is 9.78 Å². The summed E-state index contributed by atoms with van der Waals surface area (Å²) in [6, 6.07) is 5.65. The van der Waals surface area contributed by atoms with E-state index in [4.69, 9.17) is 5.73 Å². The Labute approximate surface area is 82.4 Å². The molecule has 0 bridgehead atoms. The zero-order valence-corrected chi connectivity index (χ0v) is 8.23. The van der Waals surface area contributed by atoms with Crippen molar-refractivity contribution < 1.29 is 0 Å². The molecule has 0 spiro atoms. The molecule has 2 N–H and O–H groups in total. The van der Waals surface area contributed by atoms with E-state index in [9.17, 15) is 0 Å². The van der Waals surface area contributed by atoms with E-state index >= 15 is 0 Å². The zero-order chi connectivity index (χ0) is 10.1. The maximum atomic E-state index is 5.90. The van der Waals surface area contributed by atoms with E-state index < -0.39 is 0 Å². The fourth-order valence-electron chi connectivity index (χ4n) is 1.28. The number of aryl methyl sites for hydroxylation is 1. The lowest BCUT2D eigenvalue weighted by Gasteiger charge is -2.01. The second-order valence-corrected chi connectivity index (χ2v) is 3.20. The molecule has 0 amide bonds. The van der Waals surface area contributed by atoms with Crippen molar-refractivity contribution in [1.82, 2.24) is 14.8 Å². The molecule has 0 saturated carbocycles. The first-order valence-electron chi connectivity index (χ1n) is 4.43. The highest BCUT2D eigenvalue weighted by Gasteiger charge is 2.09. The molecule has 0 atom stereocenters. The zero-order valence-electron chi connectivity index (χ0n) is 8.23. The van der Waals surface area contributed by atoms with Crippen molar-refractivity contribution in [1.29, 1.82) is 0 Å². The standard InChI is InChI=1S/C10H12N4/c1-7-8(2)13-14(10(7)11)9-5-3-4-6-12-9/h3-6H,11H2,1-2H3. The molecule has 0 radical (unpaired) electrons. The summed E-state index contributed by atoms with van der Waals surface area (Å²) >= 11 is 0. The molecule has 0 aliphatic carbocycles. The van der Waals surface area contributed by atoms with Gasteiger partial charge < -0.3 is 5.73 Å². The minimum atomic E-state index is 0.654. The lowest BCUT2D eigenvalue weighted by atomic mass is 10.3. The first-order valence-corrected chi connectivity index (χ1v) is 4.43. The van der Waals surface area contributed by atoms with Crippen LogP contribution in [0.25, 0.3) is 5.82 Å². The summed E-state index contributed by atoms with van der Waals surface area (Å²) in [5.41, 5.74) is 7.84. The highest BCUT2D eigenvalue weighted by molar-refractivity contribution is 5.46. The summed E-state index contributed by atoms with van der Waals surface area (Å²) in [7, 11) is 0. The molecular weight excluding hydrogens is 176 g/mol. The molecule has 2 aromatic rings. The molecule has 0 aliphatic rings. The number of hydrogen-bond acceptors (Lipinski definition) is 3. The topological polar surface area (TPSA) is 56.7 Å². The predicted molar refractivity (Wildman–Crippen MR) is 55.2 cm³/mol. The summed E-state index contributed by atoms with van der Waals surface area (Å²) in [6.45, 7) is 3.89. The van der Waals surface area contributed by atoms with Crippen LogP contribution in [-0.4, -0.2) is 14.8 Å². The van der Waals surface area contributed by atoms with Gasteiger partial charge in [-0.05, 0) is 26.0 Å². The first-order chi connectivity index (χ1) is 6.70. The Kier molecular flexibility index (Phi) is 1.96. The van der Waals surface area contributed by atoms with E-state index in [2.05, 4.69) is 10.1 Å². The molecule has 4 heteroatoms. The Hall–Kier alpha value is -1.84. The number of nitrogen functional groups attached to an aromatic ring is 1. The average molecular weight is 188 g/mol. The van der Waals surface area contributed by atoms with Crippen LogP contribution >= 0.6 is 0 Å². The van der Waals surface area contributed by atoms with Gasteiger partial charge >= 0.3 is 0 Å². The van der Waals surface area contributed by atoms with Crippen LogP contribution in [0, 0.1) is 13.8 Å². The van der Waals surface area contributed by atoms with Crippen LogP contribution < -0.4 is 5.73 Å². The Balaban J connectivity index is 2.58. The summed E-state index contributed by atoms with van der Waals surface area (Å²) in [6.07, 6.45) is 1.72. The van der Waals surface area contributed by atoms with Gasteiger partial charge in [0.25, 0.3) is 0 Å². The predicted octanol–water partition coefficient (Wildman–Crippen LogP) is 1.47. The van der Waals surface area contributed by atoms with Gasteiger partial charge in [0, 0.05) is 11.8 Å².